The Labute approximate surface area is 126 Å². The van der Waals surface area contributed by atoms with Crippen molar-refractivity contribution in [1.82, 2.24) is 5.32 Å². The Morgan fingerprint density at radius 1 is 1.29 bits per heavy atom. The molecule has 0 unspecified atom stereocenters. The number of imide groups is 2. The topological polar surface area (TPSA) is 75.7 Å². The zero-order valence-corrected chi connectivity index (χ0v) is 12.3. The Kier molecular flexibility index (Phi) is 2.95. The summed E-state index contributed by atoms with van der Waals surface area (Å²) in [6.45, 7) is 1.76. The summed E-state index contributed by atoms with van der Waals surface area (Å²) in [7, 11) is 1.43. The first-order chi connectivity index (χ1) is 9.90. The number of carbonyl (C=O) groups is 3. The molecule has 7 heteroatoms. The maximum atomic E-state index is 12.6. The Hall–Kier alpha value is -2.08. The summed E-state index contributed by atoms with van der Waals surface area (Å²) in [4.78, 5) is 37.4. The second kappa shape index (κ2) is 4.46. The number of nitrogens with zero attached hydrogens (tertiary/aromatic N) is 1. The summed E-state index contributed by atoms with van der Waals surface area (Å²) in [5, 5.41) is 2.71. The molecule has 1 spiro atoms. The number of benzene rings is 1. The van der Waals surface area contributed by atoms with Gasteiger partial charge in [-0.15, -0.1) is 0 Å². The van der Waals surface area contributed by atoms with Gasteiger partial charge in [-0.05, 0) is 31.4 Å². The number of hydrogen-bond acceptors (Lipinski definition) is 4. The molecular formula is C14H13ClN2O4. The van der Waals surface area contributed by atoms with E-state index in [1.807, 2.05) is 0 Å². The van der Waals surface area contributed by atoms with Crippen molar-refractivity contribution in [2.75, 3.05) is 12.0 Å². The molecule has 4 amide bonds. The lowest BCUT2D eigenvalue weighted by molar-refractivity contribution is -0.136. The normalized spacial score (nSPS) is 19.8. The van der Waals surface area contributed by atoms with Gasteiger partial charge in [-0.2, -0.15) is 0 Å². The minimum absolute atomic E-state index is 0.292. The number of hydrogen-bond donors (Lipinski definition) is 1. The standard InChI is InChI=1S/C14H13ClN2O4/c1-7-5-9(10(21-2)6-8(7)15)17-12(19)14(3-4-14)11(18)16-13(17)20/h5-6H,3-4H2,1-2H3,(H,16,18,20). The van der Waals surface area contributed by atoms with E-state index in [4.69, 9.17) is 16.3 Å². The number of rotatable bonds is 2. The van der Waals surface area contributed by atoms with Crippen molar-refractivity contribution in [2.24, 2.45) is 5.41 Å². The van der Waals surface area contributed by atoms with E-state index in [0.717, 1.165) is 4.90 Å². The Bertz CT molecular complexity index is 682. The van der Waals surface area contributed by atoms with Crippen molar-refractivity contribution >= 4 is 35.1 Å². The van der Waals surface area contributed by atoms with Crippen molar-refractivity contribution in [2.45, 2.75) is 19.8 Å². The van der Waals surface area contributed by atoms with Gasteiger partial charge in [-0.25, -0.2) is 9.69 Å². The molecule has 0 bridgehead atoms. The number of aryl methyl sites for hydroxylation is 1. The van der Waals surface area contributed by atoms with Crippen molar-refractivity contribution in [1.29, 1.82) is 0 Å². The van der Waals surface area contributed by atoms with Crippen LogP contribution in [0.3, 0.4) is 0 Å². The fourth-order valence-electron chi connectivity index (χ4n) is 2.45. The first kappa shape index (κ1) is 13.9. The van der Waals surface area contributed by atoms with E-state index in [2.05, 4.69) is 5.32 Å². The van der Waals surface area contributed by atoms with Crippen molar-refractivity contribution in [3.05, 3.63) is 22.7 Å². The fourth-order valence-corrected chi connectivity index (χ4v) is 2.60. The molecule has 2 aliphatic rings. The molecule has 21 heavy (non-hydrogen) atoms. The summed E-state index contributed by atoms with van der Waals surface area (Å²) >= 11 is 6.03. The number of amides is 4. The van der Waals surface area contributed by atoms with Gasteiger partial charge in [0, 0.05) is 11.1 Å². The molecular weight excluding hydrogens is 296 g/mol. The number of nitrogens with one attached hydrogen (secondary N) is 1. The molecule has 1 aromatic rings. The van der Waals surface area contributed by atoms with Gasteiger partial charge in [0.05, 0.1) is 12.8 Å². The van der Waals surface area contributed by atoms with E-state index in [1.54, 1.807) is 19.1 Å². The average Bonchev–Trinajstić information content (AvgIpc) is 3.22. The number of barbiturate groups is 1. The molecule has 1 heterocycles. The maximum absolute atomic E-state index is 12.6. The lowest BCUT2D eigenvalue weighted by Crippen LogP contribution is -2.59. The van der Waals surface area contributed by atoms with Gasteiger partial charge in [0.15, 0.2) is 0 Å². The first-order valence-corrected chi connectivity index (χ1v) is 6.82. The summed E-state index contributed by atoms with van der Waals surface area (Å²) in [6.07, 6.45) is 0.909. The molecule has 1 N–H and O–H groups in total. The summed E-state index contributed by atoms with van der Waals surface area (Å²) in [5.41, 5.74) is -0.0950. The van der Waals surface area contributed by atoms with E-state index in [0.29, 0.717) is 34.9 Å². The Morgan fingerprint density at radius 2 is 1.95 bits per heavy atom. The lowest BCUT2D eigenvalue weighted by atomic mass is 10.0. The Morgan fingerprint density at radius 3 is 2.52 bits per heavy atom. The average molecular weight is 309 g/mol. The molecule has 0 radical (unpaired) electrons. The molecule has 0 atom stereocenters. The van der Waals surface area contributed by atoms with Crippen LogP contribution in [0.1, 0.15) is 18.4 Å². The summed E-state index contributed by atoms with van der Waals surface area (Å²) in [5.74, 6) is -0.714. The number of carbonyl (C=O) groups excluding carboxylic acids is 3. The lowest BCUT2D eigenvalue weighted by Gasteiger charge is -2.31. The fraction of sp³-hybridized carbons (Fsp3) is 0.357. The molecule has 1 saturated carbocycles. The molecule has 6 nitrogen and oxygen atoms in total. The predicted octanol–water partition coefficient (Wildman–Crippen LogP) is 2.02. The third kappa shape index (κ3) is 1.90. The van der Waals surface area contributed by atoms with E-state index in [1.165, 1.54) is 7.11 Å². The summed E-state index contributed by atoms with van der Waals surface area (Å²) in [6, 6.07) is 2.38. The zero-order valence-electron chi connectivity index (χ0n) is 11.5. The van der Waals surface area contributed by atoms with Crippen molar-refractivity contribution in [3.63, 3.8) is 0 Å². The van der Waals surface area contributed by atoms with Gasteiger partial charge in [-0.3, -0.25) is 14.9 Å². The smallest absolute Gasteiger partial charge is 0.335 e. The number of anilines is 1. The van der Waals surface area contributed by atoms with Crippen LogP contribution in [0, 0.1) is 12.3 Å². The van der Waals surface area contributed by atoms with Crippen molar-refractivity contribution < 1.29 is 19.1 Å². The largest absolute Gasteiger partial charge is 0.494 e. The molecule has 0 aromatic heterocycles. The highest BCUT2D eigenvalue weighted by Crippen LogP contribution is 2.50. The van der Waals surface area contributed by atoms with Crippen LogP contribution in [0.5, 0.6) is 5.75 Å². The molecule has 2 fully saturated rings. The SMILES string of the molecule is COc1cc(Cl)c(C)cc1N1C(=O)NC(=O)C2(CC2)C1=O. The predicted molar refractivity (Wildman–Crippen MR) is 75.4 cm³/mol. The second-order valence-electron chi connectivity index (χ2n) is 5.26. The van der Waals surface area contributed by atoms with E-state index >= 15 is 0 Å². The molecule has 1 saturated heterocycles. The van der Waals surface area contributed by atoms with E-state index < -0.39 is 23.3 Å². The van der Waals surface area contributed by atoms with E-state index in [9.17, 15) is 14.4 Å². The second-order valence-corrected chi connectivity index (χ2v) is 5.66. The van der Waals surface area contributed by atoms with Gasteiger partial charge in [0.1, 0.15) is 11.2 Å². The van der Waals surface area contributed by atoms with Crippen LogP contribution in [0.2, 0.25) is 5.02 Å². The number of urea groups is 1. The zero-order chi connectivity index (χ0) is 15.4. The third-order valence-corrected chi connectivity index (χ3v) is 4.33. The number of halogens is 1. The van der Waals surface area contributed by atoms with Crippen LogP contribution in [-0.4, -0.2) is 25.0 Å². The molecule has 110 valence electrons. The van der Waals surface area contributed by atoms with Crippen molar-refractivity contribution in [3.8, 4) is 5.75 Å². The van der Waals surface area contributed by atoms with Crippen LogP contribution < -0.4 is 15.0 Å². The minimum Gasteiger partial charge on any atom is -0.494 e. The first-order valence-electron chi connectivity index (χ1n) is 6.45. The third-order valence-electron chi connectivity index (χ3n) is 3.92. The highest BCUT2D eigenvalue weighted by atomic mass is 35.5. The quantitative estimate of drug-likeness (QED) is 0.848. The number of methoxy groups -OCH3 is 1. The summed E-state index contributed by atoms with van der Waals surface area (Å²) < 4.78 is 5.20. The van der Waals surface area contributed by atoms with Crippen LogP contribution >= 0.6 is 11.6 Å². The Balaban J connectivity index is 2.11. The van der Waals surface area contributed by atoms with Gasteiger partial charge < -0.3 is 4.74 Å². The van der Waals surface area contributed by atoms with Crippen LogP contribution in [-0.2, 0) is 9.59 Å². The monoisotopic (exact) mass is 308 g/mol. The van der Waals surface area contributed by atoms with Gasteiger partial charge in [0.25, 0.3) is 5.91 Å². The molecule has 1 aliphatic heterocycles. The number of ether oxygens (including phenoxy) is 1. The van der Waals surface area contributed by atoms with Crippen LogP contribution in [0.4, 0.5) is 10.5 Å². The van der Waals surface area contributed by atoms with Crippen LogP contribution in [0.15, 0.2) is 12.1 Å². The molecule has 1 aromatic carbocycles. The maximum Gasteiger partial charge on any atom is 0.335 e. The molecule has 1 aliphatic carbocycles. The van der Waals surface area contributed by atoms with Gasteiger partial charge in [-0.1, -0.05) is 11.6 Å². The highest BCUT2D eigenvalue weighted by molar-refractivity contribution is 6.33. The molecule has 3 rings (SSSR count). The minimum atomic E-state index is -1.09. The van der Waals surface area contributed by atoms with Crippen LogP contribution in [0.25, 0.3) is 0 Å². The van der Waals surface area contributed by atoms with E-state index in [-0.39, 0.29) is 0 Å². The van der Waals surface area contributed by atoms with Gasteiger partial charge in [0.2, 0.25) is 5.91 Å². The highest BCUT2D eigenvalue weighted by Gasteiger charge is 2.62. The van der Waals surface area contributed by atoms with Gasteiger partial charge >= 0.3 is 6.03 Å².